The van der Waals surface area contributed by atoms with E-state index in [1.165, 1.54) is 81.3 Å². The Balaban J connectivity index is 1.32. The van der Waals surface area contributed by atoms with Crippen LogP contribution < -0.4 is 0 Å². The van der Waals surface area contributed by atoms with E-state index in [0.29, 0.717) is 0 Å². The highest BCUT2D eigenvalue weighted by atomic mass is 14.5. The maximum atomic E-state index is 2.61. The molecule has 0 amide bonds. The van der Waals surface area contributed by atoms with Crippen LogP contribution in [0.1, 0.15) is 72.9 Å². The molecule has 3 aliphatic carbocycles. The standard InChI is InChI=1S/C39H38/c1-3-27-13-5-7-17-33(27)35-19-11-15-29-23-31(25-37(29)35)39(21-9-10-22-39)32-24-30-16-12-20-36(38(30)26-32)34-18-8-6-14-28(34)4-2/h5-8,11-20,25-26H,3-4,9-10,21-24H2,1-2H3. The van der Waals surface area contributed by atoms with Crippen LogP contribution in [0.5, 0.6) is 0 Å². The third-order valence-electron chi connectivity index (χ3n) is 9.86. The smallest absolute Gasteiger partial charge is 0.0134 e. The Morgan fingerprint density at radius 2 is 0.949 bits per heavy atom. The van der Waals surface area contributed by atoms with Gasteiger partial charge < -0.3 is 0 Å². The lowest BCUT2D eigenvalue weighted by Crippen LogP contribution is -2.22. The Labute approximate surface area is 234 Å². The van der Waals surface area contributed by atoms with Crippen molar-refractivity contribution < 1.29 is 0 Å². The van der Waals surface area contributed by atoms with Gasteiger partial charge in [0.25, 0.3) is 0 Å². The fraction of sp³-hybridized carbons (Fsp3) is 0.282. The van der Waals surface area contributed by atoms with Gasteiger partial charge in [0.15, 0.2) is 0 Å². The monoisotopic (exact) mass is 506 g/mol. The summed E-state index contributed by atoms with van der Waals surface area (Å²) in [6.45, 7) is 4.54. The summed E-state index contributed by atoms with van der Waals surface area (Å²) < 4.78 is 0. The molecule has 0 nitrogen and oxygen atoms in total. The Bertz CT molecular complexity index is 1500. The van der Waals surface area contributed by atoms with Crippen molar-refractivity contribution in [2.45, 2.75) is 65.2 Å². The molecule has 1 fully saturated rings. The van der Waals surface area contributed by atoms with E-state index >= 15 is 0 Å². The molecule has 0 heterocycles. The van der Waals surface area contributed by atoms with Gasteiger partial charge in [0, 0.05) is 5.41 Å². The minimum atomic E-state index is 0.196. The molecule has 0 bridgehead atoms. The van der Waals surface area contributed by atoms with Gasteiger partial charge in [-0.3, -0.25) is 0 Å². The van der Waals surface area contributed by atoms with Gasteiger partial charge in [-0.1, -0.05) is 135 Å². The molecule has 39 heavy (non-hydrogen) atoms. The minimum Gasteiger partial charge on any atom is -0.0620 e. The van der Waals surface area contributed by atoms with Crippen molar-refractivity contribution >= 4 is 12.2 Å². The highest BCUT2D eigenvalue weighted by Gasteiger charge is 2.43. The summed E-state index contributed by atoms with van der Waals surface area (Å²) >= 11 is 0. The molecule has 4 aromatic carbocycles. The summed E-state index contributed by atoms with van der Waals surface area (Å²) in [4.78, 5) is 0. The highest BCUT2D eigenvalue weighted by molar-refractivity contribution is 5.86. The third kappa shape index (κ3) is 3.96. The van der Waals surface area contributed by atoms with Crippen LogP contribution in [0.25, 0.3) is 34.4 Å². The summed E-state index contributed by atoms with van der Waals surface area (Å²) in [5.74, 6) is 0. The van der Waals surface area contributed by atoms with Crippen LogP contribution >= 0.6 is 0 Å². The molecule has 1 saturated carbocycles. The molecule has 0 spiro atoms. The van der Waals surface area contributed by atoms with Crippen molar-refractivity contribution in [2.75, 3.05) is 0 Å². The van der Waals surface area contributed by atoms with Gasteiger partial charge in [0.1, 0.15) is 0 Å². The molecule has 4 aromatic rings. The topological polar surface area (TPSA) is 0 Å². The van der Waals surface area contributed by atoms with Crippen LogP contribution in [-0.4, -0.2) is 0 Å². The summed E-state index contributed by atoms with van der Waals surface area (Å²) in [7, 11) is 0. The minimum absolute atomic E-state index is 0.196. The maximum Gasteiger partial charge on any atom is 0.0134 e. The molecular formula is C39H38. The number of aryl methyl sites for hydroxylation is 2. The van der Waals surface area contributed by atoms with Crippen LogP contribution in [0.4, 0.5) is 0 Å². The number of benzene rings is 4. The largest absolute Gasteiger partial charge is 0.0620 e. The Morgan fingerprint density at radius 1 is 0.513 bits per heavy atom. The first-order valence-electron chi connectivity index (χ1n) is 15.0. The van der Waals surface area contributed by atoms with Crippen LogP contribution in [-0.2, 0) is 25.7 Å². The van der Waals surface area contributed by atoms with Gasteiger partial charge >= 0.3 is 0 Å². The SMILES string of the molecule is CCc1ccccc1-c1cccc2c1C=C(C1(C3=Cc4c(cccc4-c4ccccc4CC)C3)CCCC1)C2. The maximum absolute atomic E-state index is 2.61. The van der Waals surface area contributed by atoms with E-state index in [-0.39, 0.29) is 5.41 Å². The van der Waals surface area contributed by atoms with Crippen molar-refractivity contribution in [3.05, 3.63) is 129 Å². The zero-order valence-electron chi connectivity index (χ0n) is 23.4. The van der Waals surface area contributed by atoms with E-state index < -0.39 is 0 Å². The third-order valence-corrected chi connectivity index (χ3v) is 9.86. The molecule has 0 saturated heterocycles. The number of rotatable bonds is 6. The number of hydrogen-bond donors (Lipinski definition) is 0. The number of allylic oxidation sites excluding steroid dienone is 2. The molecule has 0 aromatic heterocycles. The second-order valence-electron chi connectivity index (χ2n) is 11.8. The first kappa shape index (κ1) is 24.4. The van der Waals surface area contributed by atoms with Crippen molar-refractivity contribution in [1.82, 2.24) is 0 Å². The summed E-state index contributed by atoms with van der Waals surface area (Å²) in [6, 6.07) is 32.0. The van der Waals surface area contributed by atoms with Gasteiger partial charge in [-0.15, -0.1) is 0 Å². The fourth-order valence-corrected chi connectivity index (χ4v) is 7.83. The quantitative estimate of drug-likeness (QED) is 0.244. The number of hydrogen-bond acceptors (Lipinski definition) is 0. The summed E-state index contributed by atoms with van der Waals surface area (Å²) in [5.41, 5.74) is 18.0. The van der Waals surface area contributed by atoms with Gasteiger partial charge in [-0.25, -0.2) is 0 Å². The first-order chi connectivity index (χ1) is 19.2. The average Bonchev–Trinajstić information content (AvgIpc) is 3.75. The van der Waals surface area contributed by atoms with Gasteiger partial charge in [0.2, 0.25) is 0 Å². The molecule has 0 radical (unpaired) electrons. The van der Waals surface area contributed by atoms with Crippen molar-refractivity contribution in [3.8, 4) is 22.3 Å². The predicted octanol–water partition coefficient (Wildman–Crippen LogP) is 10.3. The molecule has 0 heteroatoms. The zero-order chi connectivity index (χ0) is 26.4. The molecule has 0 aliphatic heterocycles. The van der Waals surface area contributed by atoms with E-state index in [2.05, 4.69) is 111 Å². The molecule has 0 unspecified atom stereocenters. The lowest BCUT2D eigenvalue weighted by atomic mass is 9.71. The van der Waals surface area contributed by atoms with Crippen LogP contribution in [0.2, 0.25) is 0 Å². The molecule has 0 N–H and O–H groups in total. The average molecular weight is 507 g/mol. The first-order valence-corrected chi connectivity index (χ1v) is 15.0. The van der Waals surface area contributed by atoms with Crippen molar-refractivity contribution in [2.24, 2.45) is 5.41 Å². The van der Waals surface area contributed by atoms with Crippen LogP contribution in [0.15, 0.2) is 96.1 Å². The molecule has 7 rings (SSSR count). The van der Waals surface area contributed by atoms with E-state index in [9.17, 15) is 0 Å². The summed E-state index contributed by atoms with van der Waals surface area (Å²) in [6.07, 6.45) is 14.8. The fourth-order valence-electron chi connectivity index (χ4n) is 7.83. The van der Waals surface area contributed by atoms with Crippen molar-refractivity contribution in [3.63, 3.8) is 0 Å². The molecule has 0 atom stereocenters. The molecular weight excluding hydrogens is 468 g/mol. The normalized spacial score (nSPS) is 17.1. The second-order valence-corrected chi connectivity index (χ2v) is 11.8. The lowest BCUT2D eigenvalue weighted by Gasteiger charge is -2.33. The van der Waals surface area contributed by atoms with E-state index in [0.717, 1.165) is 25.7 Å². The predicted molar refractivity (Wildman–Crippen MR) is 167 cm³/mol. The van der Waals surface area contributed by atoms with Gasteiger partial charge in [-0.05, 0) is 94.2 Å². The highest BCUT2D eigenvalue weighted by Crippen LogP contribution is 2.57. The second kappa shape index (κ2) is 9.83. The van der Waals surface area contributed by atoms with Crippen LogP contribution in [0.3, 0.4) is 0 Å². The number of fused-ring (bicyclic) bond motifs is 2. The van der Waals surface area contributed by atoms with E-state index in [1.54, 1.807) is 11.1 Å². The van der Waals surface area contributed by atoms with Crippen LogP contribution in [0, 0.1) is 5.41 Å². The zero-order valence-corrected chi connectivity index (χ0v) is 23.4. The van der Waals surface area contributed by atoms with Crippen molar-refractivity contribution in [1.29, 1.82) is 0 Å². The van der Waals surface area contributed by atoms with E-state index in [4.69, 9.17) is 0 Å². The Hall–Kier alpha value is -3.64. The Morgan fingerprint density at radius 3 is 1.41 bits per heavy atom. The Kier molecular flexibility index (Phi) is 6.15. The van der Waals surface area contributed by atoms with Gasteiger partial charge in [-0.2, -0.15) is 0 Å². The summed E-state index contributed by atoms with van der Waals surface area (Å²) in [5, 5.41) is 0. The molecule has 194 valence electrons. The lowest BCUT2D eigenvalue weighted by molar-refractivity contribution is 0.437. The molecule has 3 aliphatic rings. The van der Waals surface area contributed by atoms with Gasteiger partial charge in [0.05, 0.1) is 0 Å². The van der Waals surface area contributed by atoms with E-state index in [1.807, 2.05) is 0 Å².